The van der Waals surface area contributed by atoms with Gasteiger partial charge in [0.1, 0.15) is 0 Å². The Labute approximate surface area is 190 Å². The Bertz CT molecular complexity index is 991. The number of allylic oxidation sites excluding steroid dienone is 5. The van der Waals surface area contributed by atoms with Crippen molar-refractivity contribution in [3.05, 3.63) is 77.0 Å². The van der Waals surface area contributed by atoms with Crippen LogP contribution in [0.1, 0.15) is 37.7 Å². The van der Waals surface area contributed by atoms with E-state index in [1.54, 1.807) is 0 Å². The highest BCUT2D eigenvalue weighted by Gasteiger charge is 2.44. The van der Waals surface area contributed by atoms with Crippen LogP contribution >= 0.6 is 0 Å². The second-order valence-corrected chi connectivity index (χ2v) is 9.46. The molecule has 0 spiro atoms. The van der Waals surface area contributed by atoms with Crippen molar-refractivity contribution in [1.29, 1.82) is 0 Å². The van der Waals surface area contributed by atoms with Crippen LogP contribution in [0.4, 0.5) is 0 Å². The summed E-state index contributed by atoms with van der Waals surface area (Å²) in [6.45, 7) is 1.75. The molecule has 1 fully saturated rings. The molecule has 4 N–H and O–H groups in total. The number of carbonyl (C=O) groups is 1. The van der Waals surface area contributed by atoms with Crippen molar-refractivity contribution in [2.45, 2.75) is 44.2 Å². The van der Waals surface area contributed by atoms with Crippen molar-refractivity contribution < 1.29 is 9.90 Å². The van der Waals surface area contributed by atoms with Gasteiger partial charge in [0.15, 0.2) is 0 Å². The molecule has 168 valence electrons. The largest absolute Gasteiger partial charge is 0.395 e. The lowest BCUT2D eigenvalue weighted by atomic mass is 9.81. The molecule has 1 aromatic carbocycles. The standard InChI is InChI=1S/C27H33N3O2/c28-25-17-24(25)22-12-13-30(14-15-31)26-16-21(10-11-23(22)26)29-27(32)20-8-6-19(7-9-20)18-4-2-1-3-5-18/h1-6,8,10-11,21-22,24-25,31H,7,9,12-17,28H2,(H,29,32). The lowest BCUT2D eigenvalue weighted by molar-refractivity contribution is -0.118. The number of nitrogens with zero attached hydrogens (tertiary/aromatic N) is 1. The molecule has 4 atom stereocenters. The number of carbonyl (C=O) groups excluding carboxylic acids is 1. The third kappa shape index (κ3) is 4.32. The van der Waals surface area contributed by atoms with Crippen molar-refractivity contribution in [3.63, 3.8) is 0 Å². The number of amides is 1. The molecular weight excluding hydrogens is 398 g/mol. The van der Waals surface area contributed by atoms with Crippen LogP contribution in [0.3, 0.4) is 0 Å². The monoisotopic (exact) mass is 431 g/mol. The molecular formula is C27H33N3O2. The first-order valence-electron chi connectivity index (χ1n) is 11.9. The van der Waals surface area contributed by atoms with Gasteiger partial charge in [0.05, 0.1) is 12.6 Å². The number of aliphatic hydroxyl groups is 1. The van der Waals surface area contributed by atoms with Crippen LogP contribution in [0.15, 0.2) is 71.5 Å². The van der Waals surface area contributed by atoms with E-state index in [4.69, 9.17) is 5.73 Å². The van der Waals surface area contributed by atoms with E-state index in [2.05, 4.69) is 40.6 Å². The molecule has 4 unspecified atom stereocenters. The highest BCUT2D eigenvalue weighted by Crippen LogP contribution is 2.46. The van der Waals surface area contributed by atoms with Crippen LogP contribution in [0.2, 0.25) is 0 Å². The summed E-state index contributed by atoms with van der Waals surface area (Å²) < 4.78 is 0. The molecule has 1 aromatic rings. The van der Waals surface area contributed by atoms with Crippen molar-refractivity contribution in [3.8, 4) is 0 Å². The lowest BCUT2D eigenvalue weighted by Gasteiger charge is -2.40. The van der Waals surface area contributed by atoms with E-state index in [9.17, 15) is 9.90 Å². The SMILES string of the molecule is NC1CC1C1CCN(CCO)C2=C1C=CC(NC(=O)C1=CC=C(c3ccccc3)CC1)C2. The van der Waals surface area contributed by atoms with Crippen LogP contribution in [-0.4, -0.2) is 47.7 Å². The molecule has 0 saturated heterocycles. The van der Waals surface area contributed by atoms with E-state index in [1.165, 1.54) is 22.4 Å². The topological polar surface area (TPSA) is 78.6 Å². The molecule has 5 nitrogen and oxygen atoms in total. The average Bonchev–Trinajstić information content (AvgIpc) is 3.56. The van der Waals surface area contributed by atoms with Gasteiger partial charge in [-0.1, -0.05) is 54.6 Å². The van der Waals surface area contributed by atoms with Crippen LogP contribution in [-0.2, 0) is 4.79 Å². The van der Waals surface area contributed by atoms with Crippen LogP contribution in [0.25, 0.3) is 5.57 Å². The minimum absolute atomic E-state index is 0.0190. The maximum absolute atomic E-state index is 13.0. The molecule has 0 bridgehead atoms. The zero-order chi connectivity index (χ0) is 22.1. The Morgan fingerprint density at radius 1 is 1.19 bits per heavy atom. The van der Waals surface area contributed by atoms with Crippen molar-refractivity contribution >= 4 is 11.5 Å². The second kappa shape index (κ2) is 9.08. The average molecular weight is 432 g/mol. The van der Waals surface area contributed by atoms with Crippen molar-refractivity contribution in [1.82, 2.24) is 10.2 Å². The van der Waals surface area contributed by atoms with Gasteiger partial charge in [-0.05, 0) is 54.2 Å². The number of benzene rings is 1. The Balaban J connectivity index is 1.26. The van der Waals surface area contributed by atoms with E-state index in [0.29, 0.717) is 24.4 Å². The molecule has 1 saturated carbocycles. The number of nitrogens with two attached hydrogens (primary N) is 1. The quantitative estimate of drug-likeness (QED) is 0.647. The van der Waals surface area contributed by atoms with Gasteiger partial charge in [-0.3, -0.25) is 4.79 Å². The first-order chi connectivity index (χ1) is 15.6. The summed E-state index contributed by atoms with van der Waals surface area (Å²) in [5, 5.41) is 12.8. The van der Waals surface area contributed by atoms with Gasteiger partial charge in [-0.15, -0.1) is 0 Å². The summed E-state index contributed by atoms with van der Waals surface area (Å²) in [7, 11) is 0. The molecule has 1 amide bonds. The number of hydrogen-bond donors (Lipinski definition) is 3. The van der Waals surface area contributed by atoms with Gasteiger partial charge in [-0.2, -0.15) is 0 Å². The number of nitrogens with one attached hydrogen (secondary N) is 1. The van der Waals surface area contributed by atoms with E-state index in [1.807, 2.05) is 24.3 Å². The summed E-state index contributed by atoms with van der Waals surface area (Å²) in [6, 6.07) is 10.7. The third-order valence-electron chi connectivity index (χ3n) is 7.43. The normalized spacial score (nSPS) is 29.2. The van der Waals surface area contributed by atoms with Gasteiger partial charge in [0.2, 0.25) is 5.91 Å². The van der Waals surface area contributed by atoms with Gasteiger partial charge < -0.3 is 21.1 Å². The van der Waals surface area contributed by atoms with Crippen molar-refractivity contribution in [2.24, 2.45) is 17.6 Å². The predicted molar refractivity (Wildman–Crippen MR) is 127 cm³/mol. The molecule has 1 heterocycles. The predicted octanol–water partition coefficient (Wildman–Crippen LogP) is 3.15. The maximum Gasteiger partial charge on any atom is 0.247 e. The van der Waals surface area contributed by atoms with E-state index in [-0.39, 0.29) is 18.6 Å². The number of aliphatic hydroxyl groups excluding tert-OH is 1. The molecule has 4 aliphatic rings. The Morgan fingerprint density at radius 2 is 2.00 bits per heavy atom. The molecule has 1 aliphatic heterocycles. The van der Waals surface area contributed by atoms with Gasteiger partial charge >= 0.3 is 0 Å². The molecule has 3 aliphatic carbocycles. The molecule has 0 radical (unpaired) electrons. The Kier molecular flexibility index (Phi) is 6.03. The Morgan fingerprint density at radius 3 is 2.69 bits per heavy atom. The second-order valence-electron chi connectivity index (χ2n) is 9.46. The summed E-state index contributed by atoms with van der Waals surface area (Å²) in [6.07, 6.45) is 13.1. The molecule has 0 aromatic heterocycles. The highest BCUT2D eigenvalue weighted by atomic mass is 16.3. The summed E-state index contributed by atoms with van der Waals surface area (Å²) in [4.78, 5) is 15.3. The fourth-order valence-electron chi connectivity index (χ4n) is 5.53. The summed E-state index contributed by atoms with van der Waals surface area (Å²) in [5.74, 6) is 1.13. The van der Waals surface area contributed by atoms with Crippen molar-refractivity contribution in [2.75, 3.05) is 19.7 Å². The fourth-order valence-corrected chi connectivity index (χ4v) is 5.53. The maximum atomic E-state index is 13.0. The third-order valence-corrected chi connectivity index (χ3v) is 7.43. The zero-order valence-corrected chi connectivity index (χ0v) is 18.5. The van der Waals surface area contributed by atoms with Crippen LogP contribution in [0, 0.1) is 11.8 Å². The molecule has 5 rings (SSSR count). The highest BCUT2D eigenvalue weighted by molar-refractivity contribution is 5.95. The van der Waals surface area contributed by atoms with Crippen LogP contribution in [0.5, 0.6) is 0 Å². The minimum atomic E-state index is -0.0190. The lowest BCUT2D eigenvalue weighted by Crippen LogP contribution is -2.42. The Hall–Kier alpha value is -2.63. The van der Waals surface area contributed by atoms with E-state index in [0.717, 1.165) is 44.2 Å². The zero-order valence-electron chi connectivity index (χ0n) is 18.5. The van der Waals surface area contributed by atoms with E-state index < -0.39 is 0 Å². The van der Waals surface area contributed by atoms with Gasteiger partial charge in [-0.25, -0.2) is 0 Å². The smallest absolute Gasteiger partial charge is 0.247 e. The number of rotatable bonds is 6. The van der Waals surface area contributed by atoms with Gasteiger partial charge in [0.25, 0.3) is 0 Å². The first-order valence-corrected chi connectivity index (χ1v) is 11.9. The van der Waals surface area contributed by atoms with E-state index >= 15 is 0 Å². The van der Waals surface area contributed by atoms with Crippen LogP contribution < -0.4 is 11.1 Å². The number of β-amino-alcohol motifs (C(OH)–C–C–N with tert-alkyl or cyclic N) is 1. The number of hydrogen-bond acceptors (Lipinski definition) is 4. The summed E-state index contributed by atoms with van der Waals surface area (Å²) >= 11 is 0. The molecule has 32 heavy (non-hydrogen) atoms. The summed E-state index contributed by atoms with van der Waals surface area (Å²) in [5.41, 5.74) is 12.2. The molecule has 5 heteroatoms. The fraction of sp³-hybridized carbons (Fsp3) is 0.444. The van der Waals surface area contributed by atoms with Gasteiger partial charge in [0, 0.05) is 36.8 Å². The first kappa shape index (κ1) is 21.2. The minimum Gasteiger partial charge on any atom is -0.395 e.